The molecule has 0 aliphatic heterocycles. The number of amides is 1. The minimum absolute atomic E-state index is 0.0900. The summed E-state index contributed by atoms with van der Waals surface area (Å²) in [6.07, 6.45) is 1.48. The molecule has 0 radical (unpaired) electrons. The predicted molar refractivity (Wildman–Crippen MR) is 106 cm³/mol. The summed E-state index contributed by atoms with van der Waals surface area (Å²) in [7, 11) is 0.128. The van der Waals surface area contributed by atoms with Crippen molar-refractivity contribution in [2.24, 2.45) is 5.10 Å². The van der Waals surface area contributed by atoms with Crippen LogP contribution in [0.3, 0.4) is 0 Å². The second-order valence-corrected chi connectivity index (χ2v) is 8.00. The SMILES string of the molecule is COc1ccc(OC)c(S(=O)(=O)N(C)CC(=O)N/N=C\c2ccc(C)cc2)c1. The zero-order chi connectivity index (χ0) is 20.7. The van der Waals surface area contributed by atoms with Crippen molar-refractivity contribution in [1.82, 2.24) is 9.73 Å². The maximum atomic E-state index is 12.8. The first-order chi connectivity index (χ1) is 13.3. The Hall–Kier alpha value is -2.91. The Labute approximate surface area is 164 Å². The van der Waals surface area contributed by atoms with E-state index in [0.717, 1.165) is 15.4 Å². The summed E-state index contributed by atoms with van der Waals surface area (Å²) < 4.78 is 36.7. The van der Waals surface area contributed by atoms with Gasteiger partial charge in [-0.25, -0.2) is 13.8 Å². The Balaban J connectivity index is 2.07. The topological polar surface area (TPSA) is 97.3 Å². The van der Waals surface area contributed by atoms with Gasteiger partial charge in [-0.15, -0.1) is 0 Å². The van der Waals surface area contributed by atoms with Gasteiger partial charge in [0.15, 0.2) is 0 Å². The summed E-state index contributed by atoms with van der Waals surface area (Å²) in [5.41, 5.74) is 4.24. The van der Waals surface area contributed by atoms with E-state index in [1.165, 1.54) is 39.6 Å². The molecule has 0 bridgehead atoms. The van der Waals surface area contributed by atoms with Crippen molar-refractivity contribution in [1.29, 1.82) is 0 Å². The Kier molecular flexibility index (Phi) is 7.13. The van der Waals surface area contributed by atoms with Gasteiger partial charge in [0, 0.05) is 13.1 Å². The van der Waals surface area contributed by atoms with Crippen LogP contribution in [0.2, 0.25) is 0 Å². The lowest BCUT2D eigenvalue weighted by Gasteiger charge is -2.18. The van der Waals surface area contributed by atoms with Crippen LogP contribution in [0.5, 0.6) is 11.5 Å². The molecule has 0 spiro atoms. The fraction of sp³-hybridized carbons (Fsp3) is 0.263. The second kappa shape index (κ2) is 9.34. The third-order valence-corrected chi connectivity index (χ3v) is 5.73. The molecule has 8 nitrogen and oxygen atoms in total. The van der Waals surface area contributed by atoms with Gasteiger partial charge < -0.3 is 9.47 Å². The average molecular weight is 405 g/mol. The minimum atomic E-state index is -3.98. The molecular weight excluding hydrogens is 382 g/mol. The number of ether oxygens (including phenoxy) is 2. The standard InChI is InChI=1S/C19H23N3O5S/c1-14-5-7-15(8-6-14)12-20-21-19(23)13-22(2)28(24,25)18-11-16(26-3)9-10-17(18)27-4/h5-12H,13H2,1-4H3,(H,21,23)/b20-12-. The number of aryl methyl sites for hydroxylation is 1. The highest BCUT2D eigenvalue weighted by Crippen LogP contribution is 2.30. The van der Waals surface area contributed by atoms with Crippen LogP contribution in [0, 0.1) is 6.92 Å². The highest BCUT2D eigenvalue weighted by molar-refractivity contribution is 7.89. The Morgan fingerprint density at radius 2 is 1.82 bits per heavy atom. The number of hydrogen-bond donors (Lipinski definition) is 1. The molecule has 28 heavy (non-hydrogen) atoms. The number of benzene rings is 2. The molecule has 9 heteroatoms. The maximum absolute atomic E-state index is 12.8. The van der Waals surface area contributed by atoms with Crippen LogP contribution in [0.25, 0.3) is 0 Å². The number of sulfonamides is 1. The molecule has 2 aromatic carbocycles. The van der Waals surface area contributed by atoms with Crippen molar-refractivity contribution in [3.05, 3.63) is 53.6 Å². The van der Waals surface area contributed by atoms with Crippen LogP contribution in [0.4, 0.5) is 0 Å². The van der Waals surface area contributed by atoms with Gasteiger partial charge in [-0.2, -0.15) is 9.41 Å². The van der Waals surface area contributed by atoms with E-state index in [4.69, 9.17) is 9.47 Å². The second-order valence-electron chi connectivity index (χ2n) is 5.98. The number of nitrogens with one attached hydrogen (secondary N) is 1. The summed E-state index contributed by atoms with van der Waals surface area (Å²) >= 11 is 0. The normalized spacial score (nSPS) is 11.6. The van der Waals surface area contributed by atoms with Crippen molar-refractivity contribution in [2.45, 2.75) is 11.8 Å². The molecule has 0 aliphatic rings. The first-order valence-corrected chi connectivity index (χ1v) is 9.79. The Morgan fingerprint density at radius 1 is 1.14 bits per heavy atom. The number of carbonyl (C=O) groups is 1. The average Bonchev–Trinajstić information content (AvgIpc) is 2.68. The summed E-state index contributed by atoms with van der Waals surface area (Å²) in [6.45, 7) is 1.56. The Bertz CT molecular complexity index is 956. The fourth-order valence-electron chi connectivity index (χ4n) is 2.31. The van der Waals surface area contributed by atoms with Crippen molar-refractivity contribution >= 4 is 22.1 Å². The molecule has 2 rings (SSSR count). The van der Waals surface area contributed by atoms with Crippen molar-refractivity contribution in [2.75, 3.05) is 27.8 Å². The van der Waals surface area contributed by atoms with Gasteiger partial charge in [-0.1, -0.05) is 29.8 Å². The maximum Gasteiger partial charge on any atom is 0.255 e. The lowest BCUT2D eigenvalue weighted by molar-refractivity contribution is -0.121. The molecule has 0 saturated heterocycles. The predicted octanol–water partition coefficient (Wildman–Crippen LogP) is 1.78. The molecule has 0 fully saturated rings. The first-order valence-electron chi connectivity index (χ1n) is 8.35. The molecule has 1 N–H and O–H groups in total. The lowest BCUT2D eigenvalue weighted by atomic mass is 10.2. The van der Waals surface area contributed by atoms with Gasteiger partial charge in [0.25, 0.3) is 5.91 Å². The van der Waals surface area contributed by atoms with E-state index in [0.29, 0.717) is 5.75 Å². The number of likely N-dealkylation sites (N-methyl/N-ethyl adjacent to an activating group) is 1. The van der Waals surface area contributed by atoms with Gasteiger partial charge in [0.1, 0.15) is 16.4 Å². The third kappa shape index (κ3) is 5.30. The first kappa shape index (κ1) is 21.4. The van der Waals surface area contributed by atoms with E-state index in [9.17, 15) is 13.2 Å². The van der Waals surface area contributed by atoms with Gasteiger partial charge in [-0.3, -0.25) is 4.79 Å². The van der Waals surface area contributed by atoms with E-state index >= 15 is 0 Å². The van der Waals surface area contributed by atoms with E-state index in [2.05, 4.69) is 10.5 Å². The molecule has 0 aliphatic carbocycles. The number of rotatable bonds is 8. The van der Waals surface area contributed by atoms with Crippen LogP contribution >= 0.6 is 0 Å². The van der Waals surface area contributed by atoms with E-state index < -0.39 is 22.5 Å². The highest BCUT2D eigenvalue weighted by Gasteiger charge is 2.27. The van der Waals surface area contributed by atoms with E-state index in [1.807, 2.05) is 31.2 Å². The van der Waals surface area contributed by atoms with Crippen molar-refractivity contribution < 1.29 is 22.7 Å². The summed E-state index contributed by atoms with van der Waals surface area (Å²) in [4.78, 5) is 12.0. The van der Waals surface area contributed by atoms with Crippen molar-refractivity contribution in [3.63, 3.8) is 0 Å². The fourth-order valence-corrected chi connectivity index (χ4v) is 3.60. The lowest BCUT2D eigenvalue weighted by Crippen LogP contribution is -2.36. The number of nitrogens with zero attached hydrogens (tertiary/aromatic N) is 2. The summed E-state index contributed by atoms with van der Waals surface area (Å²) in [5.74, 6) is -0.0540. The number of carbonyl (C=O) groups excluding carboxylic acids is 1. The zero-order valence-corrected chi connectivity index (χ0v) is 17.0. The molecule has 0 saturated carbocycles. The van der Waals surface area contributed by atoms with Crippen LogP contribution in [-0.2, 0) is 14.8 Å². The van der Waals surface area contributed by atoms with Crippen LogP contribution < -0.4 is 14.9 Å². The van der Waals surface area contributed by atoms with Gasteiger partial charge in [0.2, 0.25) is 10.0 Å². The molecule has 150 valence electrons. The van der Waals surface area contributed by atoms with Crippen LogP contribution in [0.1, 0.15) is 11.1 Å². The van der Waals surface area contributed by atoms with Gasteiger partial charge >= 0.3 is 0 Å². The van der Waals surface area contributed by atoms with E-state index in [1.54, 1.807) is 6.07 Å². The molecule has 0 aromatic heterocycles. The smallest absolute Gasteiger partial charge is 0.255 e. The van der Waals surface area contributed by atoms with Gasteiger partial charge in [0.05, 0.1) is 27.0 Å². The largest absolute Gasteiger partial charge is 0.497 e. The molecule has 2 aromatic rings. The quantitative estimate of drug-likeness (QED) is 0.533. The molecule has 0 heterocycles. The molecule has 0 unspecified atom stereocenters. The molecule has 0 atom stereocenters. The van der Waals surface area contributed by atoms with Crippen LogP contribution in [0.15, 0.2) is 52.5 Å². The monoisotopic (exact) mass is 405 g/mol. The van der Waals surface area contributed by atoms with Gasteiger partial charge in [-0.05, 0) is 24.6 Å². The summed E-state index contributed by atoms with van der Waals surface area (Å²) in [5, 5.41) is 3.85. The molecular formula is C19H23N3O5S. The van der Waals surface area contributed by atoms with Crippen molar-refractivity contribution in [3.8, 4) is 11.5 Å². The minimum Gasteiger partial charge on any atom is -0.497 e. The highest BCUT2D eigenvalue weighted by atomic mass is 32.2. The third-order valence-electron chi connectivity index (χ3n) is 3.91. The Morgan fingerprint density at radius 3 is 2.43 bits per heavy atom. The number of hydrazone groups is 1. The van der Waals surface area contributed by atoms with Crippen LogP contribution in [-0.4, -0.2) is 52.7 Å². The summed E-state index contributed by atoms with van der Waals surface area (Å²) in [6, 6.07) is 12.0. The number of methoxy groups -OCH3 is 2. The number of hydrogen-bond acceptors (Lipinski definition) is 6. The molecule has 1 amide bonds. The van der Waals surface area contributed by atoms with E-state index in [-0.39, 0.29) is 10.6 Å². The zero-order valence-electron chi connectivity index (χ0n) is 16.2.